The summed E-state index contributed by atoms with van der Waals surface area (Å²) >= 11 is 0. The summed E-state index contributed by atoms with van der Waals surface area (Å²) in [4.78, 5) is 34.7. The van der Waals surface area contributed by atoms with E-state index in [1.807, 2.05) is 13.8 Å². The van der Waals surface area contributed by atoms with Gasteiger partial charge in [-0.1, -0.05) is 84.3 Å². The molecule has 0 aromatic rings. The molecule has 4 heteroatoms. The Morgan fingerprint density at radius 3 is 1.87 bits per heavy atom. The lowest BCUT2D eigenvalue weighted by molar-refractivity contribution is -0.163. The highest BCUT2D eigenvalue weighted by Crippen LogP contribution is 2.19. The monoisotopic (exact) mass is 436 g/mol. The van der Waals surface area contributed by atoms with Gasteiger partial charge in [0, 0.05) is 12.8 Å². The first-order valence-corrected chi connectivity index (χ1v) is 12.8. The zero-order valence-electron chi connectivity index (χ0n) is 20.5. The third kappa shape index (κ3) is 20.2. The van der Waals surface area contributed by atoms with Crippen LogP contribution in [0.25, 0.3) is 0 Å². The summed E-state index contributed by atoms with van der Waals surface area (Å²) in [5.41, 5.74) is 0. The van der Waals surface area contributed by atoms with Crippen molar-refractivity contribution in [3.8, 4) is 0 Å². The summed E-state index contributed by atoms with van der Waals surface area (Å²) in [5, 5.41) is 0. The first-order valence-electron chi connectivity index (χ1n) is 12.8. The Kier molecular flexibility index (Phi) is 20.8. The van der Waals surface area contributed by atoms with Gasteiger partial charge in [-0.3, -0.25) is 9.59 Å². The zero-order chi connectivity index (χ0) is 23.2. The summed E-state index contributed by atoms with van der Waals surface area (Å²) in [6.45, 7) is 6.30. The van der Waals surface area contributed by atoms with Crippen molar-refractivity contribution in [1.29, 1.82) is 0 Å². The summed E-state index contributed by atoms with van der Waals surface area (Å²) in [5.74, 6) is -0.927. The molecule has 0 fully saturated rings. The van der Waals surface area contributed by atoms with Crippen molar-refractivity contribution >= 4 is 18.2 Å². The van der Waals surface area contributed by atoms with Gasteiger partial charge >= 0.3 is 11.9 Å². The van der Waals surface area contributed by atoms with Crippen molar-refractivity contribution in [1.82, 2.24) is 0 Å². The summed E-state index contributed by atoms with van der Waals surface area (Å²) in [7, 11) is 0. The molecule has 0 aromatic carbocycles. The fraction of sp³-hybridized carbons (Fsp3) is 0.815. The number of esters is 2. The fourth-order valence-electron chi connectivity index (χ4n) is 3.76. The number of hydrogen-bond donors (Lipinski definition) is 0. The highest BCUT2D eigenvalue weighted by Gasteiger charge is 2.23. The van der Waals surface area contributed by atoms with E-state index >= 15 is 0 Å². The lowest BCUT2D eigenvalue weighted by atomic mass is 9.93. The van der Waals surface area contributed by atoms with Crippen LogP contribution >= 0.6 is 0 Å². The highest BCUT2D eigenvalue weighted by atomic mass is 16.6. The molecule has 0 heterocycles. The first kappa shape index (κ1) is 29.5. The van der Waals surface area contributed by atoms with Crippen LogP contribution in [0.4, 0.5) is 0 Å². The third-order valence-electron chi connectivity index (χ3n) is 5.58. The van der Waals surface area contributed by atoms with E-state index in [4.69, 9.17) is 4.74 Å². The number of carbonyl (C=O) groups is 3. The number of rotatable bonds is 21. The second-order valence-electron chi connectivity index (χ2n) is 9.20. The summed E-state index contributed by atoms with van der Waals surface area (Å²) in [6.07, 6.45) is 22.9. The molecule has 0 aliphatic carbocycles. The molecule has 4 nitrogen and oxygen atoms in total. The second-order valence-corrected chi connectivity index (χ2v) is 9.20. The van der Waals surface area contributed by atoms with E-state index in [0.717, 1.165) is 32.0 Å². The fourth-order valence-corrected chi connectivity index (χ4v) is 3.76. The topological polar surface area (TPSA) is 60.4 Å². The maximum atomic E-state index is 12.2. The molecule has 0 spiro atoms. The van der Waals surface area contributed by atoms with E-state index in [-0.39, 0.29) is 5.92 Å². The van der Waals surface area contributed by atoms with Gasteiger partial charge in [0.2, 0.25) is 0 Å². The van der Waals surface area contributed by atoms with Gasteiger partial charge < -0.3 is 9.53 Å². The molecule has 0 saturated heterocycles. The van der Waals surface area contributed by atoms with Crippen molar-refractivity contribution < 1.29 is 19.1 Å². The minimum Gasteiger partial charge on any atom is -0.393 e. The third-order valence-corrected chi connectivity index (χ3v) is 5.58. The van der Waals surface area contributed by atoms with Gasteiger partial charge in [-0.25, -0.2) is 0 Å². The van der Waals surface area contributed by atoms with Crippen molar-refractivity contribution in [2.24, 2.45) is 11.8 Å². The van der Waals surface area contributed by atoms with E-state index in [9.17, 15) is 14.4 Å². The Labute approximate surface area is 191 Å². The number of ether oxygens (including phenoxy) is 1. The Balaban J connectivity index is 3.66. The molecule has 31 heavy (non-hydrogen) atoms. The van der Waals surface area contributed by atoms with Crippen molar-refractivity contribution in [2.45, 2.75) is 130 Å². The molecule has 0 aliphatic heterocycles. The van der Waals surface area contributed by atoms with E-state index in [0.29, 0.717) is 31.6 Å². The molecule has 1 atom stereocenters. The predicted molar refractivity (Wildman–Crippen MR) is 129 cm³/mol. The van der Waals surface area contributed by atoms with Gasteiger partial charge in [-0.05, 0) is 50.9 Å². The van der Waals surface area contributed by atoms with Crippen LogP contribution in [0.5, 0.6) is 0 Å². The largest absolute Gasteiger partial charge is 0.393 e. The van der Waals surface area contributed by atoms with Gasteiger partial charge in [-0.2, -0.15) is 0 Å². The Bertz CT molecular complexity index is 482. The van der Waals surface area contributed by atoms with Gasteiger partial charge in [0.15, 0.2) is 0 Å². The maximum absolute atomic E-state index is 12.2. The highest BCUT2D eigenvalue weighted by molar-refractivity contribution is 5.86. The number of unbranched alkanes of at least 4 members (excludes halogenated alkanes) is 11. The minimum atomic E-state index is -0.465. The molecule has 0 aromatic heterocycles. The van der Waals surface area contributed by atoms with Gasteiger partial charge in [-0.15, -0.1) is 0 Å². The van der Waals surface area contributed by atoms with Crippen LogP contribution in [0.3, 0.4) is 0 Å². The molecule has 0 radical (unpaired) electrons. The van der Waals surface area contributed by atoms with Crippen LogP contribution in [-0.2, 0) is 19.1 Å². The molecule has 0 saturated carbocycles. The number of allylic oxidation sites excluding steroid dienone is 2. The Morgan fingerprint density at radius 2 is 1.32 bits per heavy atom. The second kappa shape index (κ2) is 21.8. The molecule has 0 bridgehead atoms. The quantitative estimate of drug-likeness (QED) is 0.0607. The standard InChI is InChI=1S/C27H48O4/c1-4-5-6-7-8-9-10-11-12-13-14-15-16-17-18-21-26(29)31-27(30)25(20-19-22-28)23-24(2)3/h11-12,22,24-25H,4-10,13-21,23H2,1-3H3. The molecule has 0 amide bonds. The van der Waals surface area contributed by atoms with E-state index in [1.54, 1.807) is 0 Å². The summed E-state index contributed by atoms with van der Waals surface area (Å²) in [6, 6.07) is 0. The Hall–Kier alpha value is -1.45. The Morgan fingerprint density at radius 1 is 0.774 bits per heavy atom. The van der Waals surface area contributed by atoms with Crippen LogP contribution in [0.2, 0.25) is 0 Å². The van der Waals surface area contributed by atoms with Crippen molar-refractivity contribution in [3.05, 3.63) is 12.2 Å². The zero-order valence-corrected chi connectivity index (χ0v) is 20.5. The van der Waals surface area contributed by atoms with Crippen LogP contribution in [0.15, 0.2) is 12.2 Å². The SMILES string of the molecule is CCCCCCCCC=CCCCCCCCC(=O)OC(=O)C(CCC=O)CC(C)C. The minimum absolute atomic E-state index is 0.298. The van der Waals surface area contributed by atoms with Crippen molar-refractivity contribution in [2.75, 3.05) is 0 Å². The normalized spacial score (nSPS) is 12.4. The number of aldehydes is 1. The number of hydrogen-bond acceptors (Lipinski definition) is 4. The van der Waals surface area contributed by atoms with Crippen molar-refractivity contribution in [3.63, 3.8) is 0 Å². The maximum Gasteiger partial charge on any atom is 0.316 e. The lowest BCUT2D eigenvalue weighted by Gasteiger charge is -2.16. The summed E-state index contributed by atoms with van der Waals surface area (Å²) < 4.78 is 5.03. The smallest absolute Gasteiger partial charge is 0.316 e. The van der Waals surface area contributed by atoms with E-state index in [1.165, 1.54) is 57.8 Å². The van der Waals surface area contributed by atoms with E-state index < -0.39 is 11.9 Å². The van der Waals surface area contributed by atoms with Gasteiger partial charge in [0.05, 0.1) is 5.92 Å². The average molecular weight is 437 g/mol. The van der Waals surface area contributed by atoms with Crippen LogP contribution < -0.4 is 0 Å². The molecule has 0 aliphatic rings. The first-order chi connectivity index (χ1) is 15.0. The molecule has 0 rings (SSSR count). The molecular formula is C27H48O4. The lowest BCUT2D eigenvalue weighted by Crippen LogP contribution is -2.23. The van der Waals surface area contributed by atoms with Gasteiger partial charge in [0.25, 0.3) is 0 Å². The predicted octanol–water partition coefficient (Wildman–Crippen LogP) is 7.74. The number of carbonyl (C=O) groups excluding carboxylic acids is 3. The van der Waals surface area contributed by atoms with Crippen LogP contribution in [-0.4, -0.2) is 18.2 Å². The molecule has 180 valence electrons. The molecule has 0 N–H and O–H groups in total. The molecule has 1 unspecified atom stereocenters. The van der Waals surface area contributed by atoms with Crippen LogP contribution in [0.1, 0.15) is 130 Å². The average Bonchev–Trinajstić information content (AvgIpc) is 2.73. The van der Waals surface area contributed by atoms with Gasteiger partial charge in [0.1, 0.15) is 6.29 Å². The molecular weight excluding hydrogens is 388 g/mol. The van der Waals surface area contributed by atoms with E-state index in [2.05, 4.69) is 19.1 Å². The van der Waals surface area contributed by atoms with Crippen LogP contribution in [0, 0.1) is 11.8 Å².